The number of hydrogen-bond acceptors (Lipinski definition) is 5. The fourth-order valence-electron chi connectivity index (χ4n) is 1.25. The van der Waals surface area contributed by atoms with Crippen molar-refractivity contribution in [1.82, 2.24) is 15.2 Å². The van der Waals surface area contributed by atoms with Crippen LogP contribution < -0.4 is 5.73 Å². The lowest BCUT2D eigenvalue weighted by molar-refractivity contribution is -0.384. The Kier molecular flexibility index (Phi) is 2.61. The SMILES string of the molecule is NCc1nc(-c2ccc([N+](=O)[O-])cc2)n[nH]1. The molecular weight excluding hydrogens is 210 g/mol. The van der Waals surface area contributed by atoms with Crippen LogP contribution in [-0.4, -0.2) is 20.1 Å². The first-order valence-corrected chi connectivity index (χ1v) is 4.57. The normalized spacial score (nSPS) is 10.3. The van der Waals surface area contributed by atoms with Gasteiger partial charge in [-0.1, -0.05) is 0 Å². The minimum Gasteiger partial charge on any atom is -0.324 e. The van der Waals surface area contributed by atoms with Gasteiger partial charge in [-0.15, -0.1) is 0 Å². The first kappa shape index (κ1) is 10.2. The van der Waals surface area contributed by atoms with Gasteiger partial charge in [-0.25, -0.2) is 4.98 Å². The maximum Gasteiger partial charge on any atom is 0.269 e. The number of non-ortho nitro benzene ring substituents is 1. The fourth-order valence-corrected chi connectivity index (χ4v) is 1.25. The van der Waals surface area contributed by atoms with E-state index in [9.17, 15) is 10.1 Å². The van der Waals surface area contributed by atoms with Crippen LogP contribution in [0.2, 0.25) is 0 Å². The van der Waals surface area contributed by atoms with Gasteiger partial charge in [-0.3, -0.25) is 15.2 Å². The second kappa shape index (κ2) is 4.07. The van der Waals surface area contributed by atoms with E-state index in [2.05, 4.69) is 15.2 Å². The second-order valence-electron chi connectivity index (χ2n) is 3.11. The summed E-state index contributed by atoms with van der Waals surface area (Å²) < 4.78 is 0. The van der Waals surface area contributed by atoms with Crippen LogP contribution in [0.5, 0.6) is 0 Å². The van der Waals surface area contributed by atoms with Crippen molar-refractivity contribution in [2.75, 3.05) is 0 Å². The van der Waals surface area contributed by atoms with Crippen molar-refractivity contribution in [2.24, 2.45) is 5.73 Å². The maximum atomic E-state index is 10.5. The molecule has 16 heavy (non-hydrogen) atoms. The van der Waals surface area contributed by atoms with Gasteiger partial charge in [-0.05, 0) is 12.1 Å². The van der Waals surface area contributed by atoms with Crippen LogP contribution in [0.3, 0.4) is 0 Å². The summed E-state index contributed by atoms with van der Waals surface area (Å²) in [6.45, 7) is 0.278. The molecule has 0 atom stereocenters. The molecule has 7 nitrogen and oxygen atoms in total. The number of nitro groups is 1. The molecule has 0 aliphatic carbocycles. The molecule has 1 heterocycles. The summed E-state index contributed by atoms with van der Waals surface area (Å²) in [5.41, 5.74) is 6.13. The highest BCUT2D eigenvalue weighted by Gasteiger charge is 2.08. The molecule has 0 fully saturated rings. The molecule has 0 unspecified atom stereocenters. The van der Waals surface area contributed by atoms with E-state index in [0.29, 0.717) is 17.2 Å². The summed E-state index contributed by atoms with van der Waals surface area (Å²) >= 11 is 0. The van der Waals surface area contributed by atoms with E-state index >= 15 is 0 Å². The molecule has 2 rings (SSSR count). The van der Waals surface area contributed by atoms with Gasteiger partial charge in [0, 0.05) is 17.7 Å². The van der Waals surface area contributed by atoms with E-state index in [1.165, 1.54) is 12.1 Å². The molecule has 0 bridgehead atoms. The number of nitro benzene ring substituents is 1. The third-order valence-corrected chi connectivity index (χ3v) is 2.06. The van der Waals surface area contributed by atoms with Gasteiger partial charge in [0.15, 0.2) is 5.82 Å². The lowest BCUT2D eigenvalue weighted by Gasteiger charge is -1.94. The zero-order chi connectivity index (χ0) is 11.5. The van der Waals surface area contributed by atoms with E-state index in [1.54, 1.807) is 12.1 Å². The van der Waals surface area contributed by atoms with Crippen LogP contribution in [0.4, 0.5) is 5.69 Å². The Morgan fingerprint density at radius 1 is 1.38 bits per heavy atom. The third-order valence-electron chi connectivity index (χ3n) is 2.06. The highest BCUT2D eigenvalue weighted by Crippen LogP contribution is 2.18. The lowest BCUT2D eigenvalue weighted by Crippen LogP contribution is -1.97. The summed E-state index contributed by atoms with van der Waals surface area (Å²) in [7, 11) is 0. The van der Waals surface area contributed by atoms with Crippen LogP contribution in [0, 0.1) is 10.1 Å². The Morgan fingerprint density at radius 2 is 2.06 bits per heavy atom. The first-order chi connectivity index (χ1) is 7.70. The first-order valence-electron chi connectivity index (χ1n) is 4.57. The lowest BCUT2D eigenvalue weighted by atomic mass is 10.2. The average molecular weight is 219 g/mol. The molecular formula is C9H9N5O2. The second-order valence-corrected chi connectivity index (χ2v) is 3.11. The highest BCUT2D eigenvalue weighted by atomic mass is 16.6. The summed E-state index contributed by atoms with van der Waals surface area (Å²) in [6.07, 6.45) is 0. The molecule has 7 heteroatoms. The maximum absolute atomic E-state index is 10.5. The molecule has 1 aromatic carbocycles. The molecule has 82 valence electrons. The molecule has 0 amide bonds. The quantitative estimate of drug-likeness (QED) is 0.586. The summed E-state index contributed by atoms with van der Waals surface area (Å²) in [4.78, 5) is 14.1. The van der Waals surface area contributed by atoms with Gasteiger partial charge in [0.05, 0.1) is 11.5 Å². The van der Waals surface area contributed by atoms with E-state index in [1.807, 2.05) is 0 Å². The number of rotatable bonds is 3. The average Bonchev–Trinajstić information content (AvgIpc) is 2.77. The number of aromatic amines is 1. The number of nitrogens with two attached hydrogens (primary N) is 1. The van der Waals surface area contributed by atoms with Gasteiger partial charge >= 0.3 is 0 Å². The smallest absolute Gasteiger partial charge is 0.269 e. The third kappa shape index (κ3) is 1.89. The fraction of sp³-hybridized carbons (Fsp3) is 0.111. The number of nitrogens with one attached hydrogen (secondary N) is 1. The Hall–Kier alpha value is -2.28. The largest absolute Gasteiger partial charge is 0.324 e. The predicted molar refractivity (Wildman–Crippen MR) is 56.4 cm³/mol. The van der Waals surface area contributed by atoms with Crippen molar-refractivity contribution in [2.45, 2.75) is 6.54 Å². The zero-order valence-corrected chi connectivity index (χ0v) is 8.25. The van der Waals surface area contributed by atoms with Gasteiger partial charge in [-0.2, -0.15) is 5.10 Å². The van der Waals surface area contributed by atoms with Gasteiger partial charge in [0.25, 0.3) is 5.69 Å². The number of benzene rings is 1. The molecule has 0 aliphatic heterocycles. The Balaban J connectivity index is 2.30. The van der Waals surface area contributed by atoms with Gasteiger partial charge in [0.2, 0.25) is 0 Å². The molecule has 1 aromatic heterocycles. The molecule has 2 aromatic rings. The number of nitrogens with zero attached hydrogens (tertiary/aromatic N) is 3. The van der Waals surface area contributed by atoms with Crippen LogP contribution in [0.25, 0.3) is 11.4 Å². The van der Waals surface area contributed by atoms with Crippen molar-refractivity contribution >= 4 is 5.69 Å². The molecule has 0 radical (unpaired) electrons. The van der Waals surface area contributed by atoms with Crippen molar-refractivity contribution in [3.63, 3.8) is 0 Å². The minimum atomic E-state index is -0.451. The standard InChI is InChI=1S/C9H9N5O2/c10-5-8-11-9(13-12-8)6-1-3-7(4-2-6)14(15)16/h1-4H,5,10H2,(H,11,12,13). The van der Waals surface area contributed by atoms with E-state index < -0.39 is 4.92 Å². The predicted octanol–water partition coefficient (Wildman–Crippen LogP) is 0.839. The molecule has 0 saturated carbocycles. The number of aromatic nitrogens is 3. The summed E-state index contributed by atoms with van der Waals surface area (Å²) in [5.74, 6) is 1.06. The van der Waals surface area contributed by atoms with Crippen molar-refractivity contribution in [3.05, 3.63) is 40.2 Å². The van der Waals surface area contributed by atoms with E-state index in [0.717, 1.165) is 0 Å². The highest BCUT2D eigenvalue weighted by molar-refractivity contribution is 5.56. The summed E-state index contributed by atoms with van der Waals surface area (Å²) in [6, 6.07) is 6.02. The summed E-state index contributed by atoms with van der Waals surface area (Å²) in [5, 5.41) is 17.1. The van der Waals surface area contributed by atoms with Crippen molar-refractivity contribution in [1.29, 1.82) is 0 Å². The van der Waals surface area contributed by atoms with Crippen molar-refractivity contribution in [3.8, 4) is 11.4 Å². The zero-order valence-electron chi connectivity index (χ0n) is 8.25. The van der Waals surface area contributed by atoms with Gasteiger partial charge < -0.3 is 5.73 Å². The number of H-pyrrole nitrogens is 1. The monoisotopic (exact) mass is 219 g/mol. The Morgan fingerprint density at radius 3 is 2.56 bits per heavy atom. The van der Waals surface area contributed by atoms with Crippen molar-refractivity contribution < 1.29 is 4.92 Å². The molecule has 0 saturated heterocycles. The van der Waals surface area contributed by atoms with Gasteiger partial charge in [0.1, 0.15) is 5.82 Å². The number of hydrogen-bond donors (Lipinski definition) is 2. The molecule has 3 N–H and O–H groups in total. The van der Waals surface area contributed by atoms with Crippen LogP contribution in [0.1, 0.15) is 5.82 Å². The van der Waals surface area contributed by atoms with E-state index in [4.69, 9.17) is 5.73 Å². The molecule has 0 aliphatic rings. The Bertz CT molecular complexity index is 505. The van der Waals surface area contributed by atoms with E-state index in [-0.39, 0.29) is 12.2 Å². The van der Waals surface area contributed by atoms with Crippen LogP contribution in [-0.2, 0) is 6.54 Å². The van der Waals surface area contributed by atoms with Crippen LogP contribution >= 0.6 is 0 Å². The minimum absolute atomic E-state index is 0.0401. The molecule has 0 spiro atoms. The topological polar surface area (TPSA) is 111 Å². The Labute approximate surface area is 90.5 Å². The van der Waals surface area contributed by atoms with Crippen LogP contribution in [0.15, 0.2) is 24.3 Å².